The minimum Gasteiger partial charge on any atom is -0.343 e. The molecule has 3 heterocycles. The Morgan fingerprint density at radius 2 is 0.891 bits per heavy atom. The molecule has 3 aliphatic carbocycles. The van der Waals surface area contributed by atoms with Gasteiger partial charge in [-0.1, -0.05) is 148 Å². The Labute approximate surface area is 621 Å². The van der Waals surface area contributed by atoms with Crippen molar-refractivity contribution in [3.8, 4) is 0 Å². The van der Waals surface area contributed by atoms with E-state index in [0.29, 0.717) is 114 Å². The van der Waals surface area contributed by atoms with Crippen LogP contribution in [0.5, 0.6) is 0 Å². The van der Waals surface area contributed by atoms with Crippen LogP contribution in [0, 0.1) is 43.4 Å². The van der Waals surface area contributed by atoms with Crippen LogP contribution in [0.25, 0.3) is 36.5 Å². The quantitative estimate of drug-likeness (QED) is 0.0451. The zero-order chi connectivity index (χ0) is 72.2. The molecule has 16 nitrogen and oxygen atoms in total. The number of nitrogens with zero attached hydrogens (tertiary/aromatic N) is 4. The number of hydrogen-bond donors (Lipinski definition) is 2. The molecule has 0 radical (unpaired) electrons. The fraction of sp³-hybridized carbons (Fsp3) is 0.195. The normalized spacial score (nSPS) is 19.3. The summed E-state index contributed by atoms with van der Waals surface area (Å²) >= 11 is 48.1. The van der Waals surface area contributed by atoms with Crippen LogP contribution in [0.4, 0.5) is 11.4 Å². The number of amides is 3. The van der Waals surface area contributed by atoms with Crippen molar-refractivity contribution in [3.05, 3.63) is 298 Å². The topological polar surface area (TPSA) is 219 Å². The predicted octanol–water partition coefficient (Wildman–Crippen LogP) is 17.1. The zero-order valence-electron chi connectivity index (χ0n) is 53.7. The van der Waals surface area contributed by atoms with Crippen LogP contribution >= 0.6 is 92.8 Å². The summed E-state index contributed by atoms with van der Waals surface area (Å²) in [6.07, 6.45) is 13.4. The molecule has 101 heavy (non-hydrogen) atoms. The summed E-state index contributed by atoms with van der Waals surface area (Å²) < 4.78 is 0. The van der Waals surface area contributed by atoms with Crippen molar-refractivity contribution in [2.75, 3.05) is 45.1 Å². The number of allylic oxidation sites excluding steroid dienone is 2. The number of rotatable bonds is 14. The number of piperidine rings is 1. The molecule has 6 fully saturated rings. The molecule has 13 rings (SSSR count). The lowest BCUT2D eigenvalue weighted by atomic mass is 9.54. The first-order valence-electron chi connectivity index (χ1n) is 31.6. The van der Waals surface area contributed by atoms with Gasteiger partial charge in [0.25, 0.3) is 11.4 Å². The second-order valence-corrected chi connectivity index (χ2v) is 28.2. The van der Waals surface area contributed by atoms with E-state index in [9.17, 15) is 49.0 Å². The van der Waals surface area contributed by atoms with E-state index in [4.69, 9.17) is 92.8 Å². The molecule has 24 heteroatoms. The number of aryl methyl sites for hydroxylation is 1. The molecule has 0 aromatic heterocycles. The van der Waals surface area contributed by atoms with Crippen LogP contribution in [0.3, 0.4) is 0 Å². The molecule has 1 atom stereocenters. The Hall–Kier alpha value is -8.78. The van der Waals surface area contributed by atoms with Gasteiger partial charge in [0.15, 0.2) is 17.3 Å². The van der Waals surface area contributed by atoms with Crippen molar-refractivity contribution in [2.45, 2.75) is 32.2 Å². The van der Waals surface area contributed by atoms with Crippen molar-refractivity contribution >= 4 is 176 Å². The van der Waals surface area contributed by atoms with Gasteiger partial charge in [-0.25, -0.2) is 0 Å². The van der Waals surface area contributed by atoms with Crippen molar-refractivity contribution < 1.29 is 38.6 Å². The van der Waals surface area contributed by atoms with E-state index in [1.165, 1.54) is 30.3 Å². The number of Topliss-reactive ketones (excluding diaryl/α,β-unsaturated/α-hetero) is 3. The second kappa shape index (κ2) is 30.8. The molecule has 3 saturated carbocycles. The molecule has 0 bridgehead atoms. The van der Waals surface area contributed by atoms with Crippen LogP contribution in [0.1, 0.15) is 57.3 Å². The summed E-state index contributed by atoms with van der Waals surface area (Å²) in [6, 6.07) is 41.9. The predicted molar refractivity (Wildman–Crippen MR) is 400 cm³/mol. The molecule has 7 aromatic carbocycles. The smallest absolute Gasteiger partial charge is 0.269 e. The van der Waals surface area contributed by atoms with Crippen LogP contribution in [-0.4, -0.2) is 106 Å². The minimum absolute atomic E-state index is 0.0284. The first kappa shape index (κ1) is 73.4. The highest BCUT2D eigenvalue weighted by atomic mass is 35.5. The molecule has 7 aromatic rings. The number of non-ortho nitro benzene ring substituents is 2. The molecule has 6 aliphatic rings. The maximum atomic E-state index is 13.7. The monoisotopic (exact) mass is 1510 g/mol. The van der Waals surface area contributed by atoms with Gasteiger partial charge in [-0.2, -0.15) is 0 Å². The van der Waals surface area contributed by atoms with Gasteiger partial charge in [-0.15, -0.1) is 11.6 Å². The van der Waals surface area contributed by atoms with E-state index in [1.54, 1.807) is 82.6 Å². The summed E-state index contributed by atoms with van der Waals surface area (Å²) in [5.41, 5.74) is 8.95. The van der Waals surface area contributed by atoms with E-state index in [1.807, 2.05) is 98.0 Å². The number of carbonyl (C=O) groups is 6. The number of ketones is 3. The highest BCUT2D eigenvalue weighted by Crippen LogP contribution is 2.58. The lowest BCUT2D eigenvalue weighted by molar-refractivity contribution is -0.385. The summed E-state index contributed by atoms with van der Waals surface area (Å²) in [6.45, 7) is 8.44. The first-order valence-corrected chi connectivity index (χ1v) is 34.8. The van der Waals surface area contributed by atoms with Gasteiger partial charge in [0.2, 0.25) is 17.7 Å². The Kier molecular flexibility index (Phi) is 22.4. The summed E-state index contributed by atoms with van der Waals surface area (Å²) in [7, 11) is 0. The van der Waals surface area contributed by atoms with E-state index < -0.39 is 32.6 Å². The van der Waals surface area contributed by atoms with Crippen molar-refractivity contribution in [3.63, 3.8) is 0 Å². The third-order valence-corrected chi connectivity index (χ3v) is 21.8. The average Bonchev–Trinajstić information content (AvgIpc) is 0.698. The van der Waals surface area contributed by atoms with Crippen LogP contribution < -0.4 is 10.6 Å². The number of nitrogens with one attached hydrogen (secondary N) is 2. The highest BCUT2D eigenvalue weighted by Gasteiger charge is 2.61. The average molecular weight is 1510 g/mol. The Balaban J connectivity index is 0.000000160. The SMILES string of the molecule is C=CC(=O)N1CC2(C1)/C(=C\c1ccc(Cl)c(C)c1)C(=O)/C2=C/c1ccc(Cl)c(Cl)c1.O=C(CCl)N[C@@H](Cc1ccccc1)C(=O)N1CCC2(CC1)/C(=C\c1ccc([N+](=O)[O-])cc1)C(=O)/C2=C/c1ccc([N+](=O)[O-])cc1.O=C1/C(=C/c2ccc(Cl)c(Cl)c2)C2(CNC2)/C1=C\c1ccc(Cl)c(Cl)c1. The third kappa shape index (κ3) is 15.4. The maximum Gasteiger partial charge on any atom is 0.269 e. The molecule has 3 spiro atoms. The Morgan fingerprint density at radius 3 is 1.26 bits per heavy atom. The second-order valence-electron chi connectivity index (χ2n) is 25.1. The first-order chi connectivity index (χ1) is 48.3. The van der Waals surface area contributed by atoms with Gasteiger partial charge >= 0.3 is 0 Å². The number of benzene rings is 7. The highest BCUT2D eigenvalue weighted by molar-refractivity contribution is 6.43. The molecule has 3 amide bonds. The molecular formula is C77H60Cl8N6O10. The fourth-order valence-electron chi connectivity index (χ4n) is 13.3. The maximum absolute atomic E-state index is 13.7. The van der Waals surface area contributed by atoms with Gasteiger partial charge in [0.05, 0.1) is 50.8 Å². The molecular weight excluding hydrogens is 1450 g/mol. The largest absolute Gasteiger partial charge is 0.343 e. The lowest BCUT2D eigenvalue weighted by Gasteiger charge is -2.57. The van der Waals surface area contributed by atoms with Crippen molar-refractivity contribution in [2.24, 2.45) is 16.2 Å². The molecule has 3 saturated heterocycles. The van der Waals surface area contributed by atoms with E-state index in [-0.39, 0.29) is 51.8 Å². The van der Waals surface area contributed by atoms with Gasteiger partial charge in [-0.3, -0.25) is 49.0 Å². The third-order valence-electron chi connectivity index (χ3n) is 18.9. The Morgan fingerprint density at radius 1 is 0.515 bits per heavy atom. The number of nitro groups is 2. The molecule has 514 valence electrons. The molecule has 3 aliphatic heterocycles. The zero-order valence-corrected chi connectivity index (χ0v) is 59.8. The van der Waals surface area contributed by atoms with Gasteiger partial charge < -0.3 is 20.4 Å². The van der Waals surface area contributed by atoms with Crippen LogP contribution in [0.15, 0.2) is 198 Å². The number of nitro benzene ring substituents is 2. The molecule has 0 unspecified atom stereocenters. The summed E-state index contributed by atoms with van der Waals surface area (Å²) in [5.74, 6) is -1.30. The van der Waals surface area contributed by atoms with Gasteiger partial charge in [0, 0.05) is 114 Å². The van der Waals surface area contributed by atoms with Crippen LogP contribution in [-0.2, 0) is 35.2 Å². The van der Waals surface area contributed by atoms with Crippen molar-refractivity contribution in [1.82, 2.24) is 20.4 Å². The lowest BCUT2D eigenvalue weighted by Crippen LogP contribution is -2.66. The number of hydrogen-bond acceptors (Lipinski definition) is 11. The number of halogens is 8. The van der Waals surface area contributed by atoms with Gasteiger partial charge in [-0.05, 0) is 174 Å². The minimum atomic E-state index is -0.819. The Bertz CT molecular complexity index is 4550. The molecule has 2 N–H and O–H groups in total. The number of likely N-dealkylation sites (tertiary alicyclic amines) is 2. The van der Waals surface area contributed by atoms with E-state index >= 15 is 0 Å². The van der Waals surface area contributed by atoms with Gasteiger partial charge in [0.1, 0.15) is 11.9 Å². The van der Waals surface area contributed by atoms with E-state index in [0.717, 1.165) is 57.6 Å². The van der Waals surface area contributed by atoms with Crippen LogP contribution in [0.2, 0.25) is 35.2 Å². The summed E-state index contributed by atoms with van der Waals surface area (Å²) in [4.78, 5) is 102. The number of alkyl halides is 1. The summed E-state index contributed by atoms with van der Waals surface area (Å²) in [5, 5.41) is 31.7. The fourth-order valence-corrected chi connectivity index (χ4v) is 14.4. The van der Waals surface area contributed by atoms with Crippen molar-refractivity contribution in [1.29, 1.82) is 0 Å². The standard InChI is InChI=1S/C33H29ClN4O7.C24H18Cl3NO2.C20H13Cl4NO/c34-21-30(39)35-29(20-22-4-2-1-3-5-22)32(41)36-16-14-33(15-17-36)27(18-23-6-10-25(11-7-23)37(42)43)31(40)28(33)19-24-8-12-26(13-9-24)38(44)45;1-3-22(29)28-12-24(13-28)17(9-15-4-6-19(25)14(2)8-15)23(30)18(24)10-16-5-7-20(26)21(27)11-16;21-15-3-1-11(7-17(15)23)5-13-19(26)14(20(13)9-25-10-20)6-12-2-4-16(22)18(24)8-12/h1-13,18-19,29H,14-17,20-21H2,(H,35,39);3-11H,1,12-13H2,2H3;1-8,25H,9-10H2/b27-18-,28-19-;17-9-,18-10-;13-5-,14-6-/t29-;;/m0../s1. The van der Waals surface area contributed by atoms with E-state index in [2.05, 4.69) is 17.2 Å². The number of carbonyl (C=O) groups excluding carboxylic acids is 6.